The first-order valence-corrected chi connectivity index (χ1v) is 6.63. The molecule has 0 bridgehead atoms. The van der Waals surface area contributed by atoms with E-state index in [2.05, 4.69) is 25.0 Å². The molecule has 0 amide bonds. The van der Waals surface area contributed by atoms with Gasteiger partial charge in [-0.05, 0) is 25.4 Å². The summed E-state index contributed by atoms with van der Waals surface area (Å²) in [7, 11) is 1.89. The van der Waals surface area contributed by atoms with Crippen LogP contribution < -0.4 is 5.32 Å². The number of nitrogens with one attached hydrogen (secondary N) is 1. The summed E-state index contributed by atoms with van der Waals surface area (Å²) in [5, 5.41) is 17.7. The fraction of sp³-hybridized carbons (Fsp3) is 0.333. The van der Waals surface area contributed by atoms with E-state index in [0.717, 1.165) is 32.1 Å². The summed E-state index contributed by atoms with van der Waals surface area (Å²) >= 11 is 2.97. The second-order valence-corrected chi connectivity index (χ2v) is 5.30. The lowest BCUT2D eigenvalue weighted by Gasteiger charge is -1.97. The number of hydrogen-bond acceptors (Lipinski definition) is 7. The minimum atomic E-state index is 0.800. The molecule has 0 fully saturated rings. The minimum Gasteiger partial charge on any atom is -0.378 e. The van der Waals surface area contributed by atoms with Crippen LogP contribution in [0.4, 0.5) is 5.00 Å². The van der Waals surface area contributed by atoms with Crippen molar-refractivity contribution in [3.63, 3.8) is 0 Å². The molecule has 1 N–H and O–H groups in total. The third-order valence-corrected chi connectivity index (χ3v) is 4.32. The van der Waals surface area contributed by atoms with Crippen molar-refractivity contribution in [1.82, 2.24) is 24.2 Å². The number of rotatable bonds is 2. The zero-order chi connectivity index (χ0) is 12.0. The minimum absolute atomic E-state index is 0.800. The summed E-state index contributed by atoms with van der Waals surface area (Å²) in [6, 6.07) is 0. The molecule has 3 heterocycles. The summed E-state index contributed by atoms with van der Waals surface area (Å²) in [6.07, 6.45) is 0. The molecule has 0 aliphatic heterocycles. The first-order chi connectivity index (χ1) is 8.20. The number of nitrogens with zero attached hydrogens (tertiary/aromatic N) is 5. The van der Waals surface area contributed by atoms with E-state index >= 15 is 0 Å². The predicted octanol–water partition coefficient (Wildman–Crippen LogP) is 1.97. The third-order valence-electron chi connectivity index (χ3n) is 2.45. The standard InChI is InChI=1S/C9H10N6S2/c1-4-6(7(10-3)17-14-4)8-13-15-5(2)11-12-9(15)16-8/h10H,1-3H3. The summed E-state index contributed by atoms with van der Waals surface area (Å²) in [5.41, 5.74) is 2.05. The average molecular weight is 266 g/mol. The first kappa shape index (κ1) is 10.6. The van der Waals surface area contributed by atoms with Crippen molar-refractivity contribution in [2.24, 2.45) is 0 Å². The van der Waals surface area contributed by atoms with Gasteiger partial charge in [0.05, 0.1) is 11.3 Å². The normalized spacial score (nSPS) is 11.2. The van der Waals surface area contributed by atoms with Gasteiger partial charge in [-0.1, -0.05) is 11.3 Å². The Labute approximate surface area is 105 Å². The van der Waals surface area contributed by atoms with E-state index in [1.54, 1.807) is 4.52 Å². The Morgan fingerprint density at radius 3 is 2.76 bits per heavy atom. The van der Waals surface area contributed by atoms with Gasteiger partial charge in [-0.25, -0.2) is 0 Å². The van der Waals surface area contributed by atoms with Crippen molar-refractivity contribution in [3.05, 3.63) is 11.5 Å². The van der Waals surface area contributed by atoms with Crippen molar-refractivity contribution in [2.75, 3.05) is 12.4 Å². The van der Waals surface area contributed by atoms with E-state index in [1.807, 2.05) is 20.9 Å². The fourth-order valence-electron chi connectivity index (χ4n) is 1.61. The maximum absolute atomic E-state index is 4.52. The highest BCUT2D eigenvalue weighted by Gasteiger charge is 2.17. The third kappa shape index (κ3) is 1.52. The Hall–Kier alpha value is -1.54. The van der Waals surface area contributed by atoms with Crippen molar-refractivity contribution in [2.45, 2.75) is 13.8 Å². The van der Waals surface area contributed by atoms with Gasteiger partial charge in [0, 0.05) is 7.05 Å². The predicted molar refractivity (Wildman–Crippen MR) is 68.8 cm³/mol. The molecule has 3 rings (SSSR count). The van der Waals surface area contributed by atoms with Gasteiger partial charge in [-0.2, -0.15) is 14.0 Å². The molecule has 0 aliphatic carbocycles. The van der Waals surface area contributed by atoms with E-state index in [1.165, 1.54) is 22.9 Å². The Morgan fingerprint density at radius 1 is 1.24 bits per heavy atom. The molecule has 8 heteroatoms. The molecule has 6 nitrogen and oxygen atoms in total. The van der Waals surface area contributed by atoms with Gasteiger partial charge >= 0.3 is 0 Å². The Bertz CT molecular complexity index is 679. The molecule has 0 radical (unpaired) electrons. The molecule has 3 aromatic heterocycles. The van der Waals surface area contributed by atoms with Gasteiger partial charge in [0.15, 0.2) is 10.8 Å². The molecule has 0 aromatic carbocycles. The van der Waals surface area contributed by atoms with Crippen LogP contribution in [0.2, 0.25) is 0 Å². The van der Waals surface area contributed by atoms with Crippen molar-refractivity contribution >= 4 is 32.8 Å². The zero-order valence-electron chi connectivity index (χ0n) is 9.55. The topological polar surface area (TPSA) is 68.0 Å². The summed E-state index contributed by atoms with van der Waals surface area (Å²) < 4.78 is 6.10. The van der Waals surface area contributed by atoms with Crippen LogP contribution >= 0.6 is 22.9 Å². The number of hydrogen-bond donors (Lipinski definition) is 1. The molecule has 17 heavy (non-hydrogen) atoms. The fourth-order valence-corrected chi connectivity index (χ4v) is 3.41. The van der Waals surface area contributed by atoms with Crippen LogP contribution in [0.5, 0.6) is 0 Å². The Morgan fingerprint density at radius 2 is 2.06 bits per heavy atom. The summed E-state index contributed by atoms with van der Waals surface area (Å²) in [4.78, 5) is 0.810. The van der Waals surface area contributed by atoms with E-state index in [-0.39, 0.29) is 0 Å². The molecule has 0 spiro atoms. The van der Waals surface area contributed by atoms with Crippen molar-refractivity contribution in [1.29, 1.82) is 0 Å². The first-order valence-electron chi connectivity index (χ1n) is 5.04. The molecule has 88 valence electrons. The largest absolute Gasteiger partial charge is 0.378 e. The maximum Gasteiger partial charge on any atom is 0.234 e. The monoisotopic (exact) mass is 266 g/mol. The van der Waals surface area contributed by atoms with E-state index in [0.29, 0.717) is 0 Å². The van der Waals surface area contributed by atoms with E-state index in [4.69, 9.17) is 0 Å². The van der Waals surface area contributed by atoms with Gasteiger partial charge in [0.2, 0.25) is 4.96 Å². The van der Waals surface area contributed by atoms with Crippen molar-refractivity contribution in [3.8, 4) is 10.6 Å². The molecule has 0 saturated carbocycles. The van der Waals surface area contributed by atoms with Crippen molar-refractivity contribution < 1.29 is 0 Å². The van der Waals surface area contributed by atoms with Crippen LogP contribution in [-0.4, -0.2) is 31.2 Å². The van der Waals surface area contributed by atoms with Gasteiger partial charge < -0.3 is 5.32 Å². The van der Waals surface area contributed by atoms with Crippen LogP contribution in [0.15, 0.2) is 0 Å². The number of fused-ring (bicyclic) bond motifs is 1. The molecular weight excluding hydrogens is 256 g/mol. The Kier molecular flexibility index (Phi) is 2.33. The highest BCUT2D eigenvalue weighted by molar-refractivity contribution is 7.20. The van der Waals surface area contributed by atoms with Crippen LogP contribution in [-0.2, 0) is 0 Å². The SMILES string of the molecule is CNc1snc(C)c1-c1nn2c(C)nnc2s1. The average Bonchev–Trinajstić information content (AvgIpc) is 2.95. The second kappa shape index (κ2) is 3.74. The van der Waals surface area contributed by atoms with E-state index in [9.17, 15) is 0 Å². The maximum atomic E-state index is 4.52. The van der Waals surface area contributed by atoms with Crippen LogP contribution in [0.25, 0.3) is 15.5 Å². The number of anilines is 1. The van der Waals surface area contributed by atoms with Crippen LogP contribution in [0.1, 0.15) is 11.5 Å². The molecule has 0 atom stereocenters. The lowest BCUT2D eigenvalue weighted by Crippen LogP contribution is -1.91. The van der Waals surface area contributed by atoms with Gasteiger partial charge in [0.25, 0.3) is 0 Å². The summed E-state index contributed by atoms with van der Waals surface area (Å²) in [5.74, 6) is 0.800. The van der Waals surface area contributed by atoms with Crippen LogP contribution in [0.3, 0.4) is 0 Å². The molecule has 0 unspecified atom stereocenters. The lowest BCUT2D eigenvalue weighted by molar-refractivity contribution is 0.897. The van der Waals surface area contributed by atoms with Crippen LogP contribution in [0, 0.1) is 13.8 Å². The van der Waals surface area contributed by atoms with E-state index < -0.39 is 0 Å². The summed E-state index contributed by atoms with van der Waals surface area (Å²) in [6.45, 7) is 3.88. The quantitative estimate of drug-likeness (QED) is 0.768. The zero-order valence-corrected chi connectivity index (χ0v) is 11.2. The molecule has 0 aliphatic rings. The molecular formula is C9H10N6S2. The Balaban J connectivity index is 2.23. The smallest absolute Gasteiger partial charge is 0.234 e. The number of aryl methyl sites for hydroxylation is 2. The number of aromatic nitrogens is 5. The lowest BCUT2D eigenvalue weighted by atomic mass is 10.2. The second-order valence-electron chi connectivity index (χ2n) is 3.57. The molecule has 0 saturated heterocycles. The highest BCUT2D eigenvalue weighted by atomic mass is 32.1. The van der Waals surface area contributed by atoms with Gasteiger partial charge in [-0.3, -0.25) is 0 Å². The molecule has 3 aromatic rings. The van der Waals surface area contributed by atoms with Gasteiger partial charge in [-0.15, -0.1) is 10.2 Å². The van der Waals surface area contributed by atoms with Gasteiger partial charge in [0.1, 0.15) is 5.00 Å². The highest BCUT2D eigenvalue weighted by Crippen LogP contribution is 2.36.